The topological polar surface area (TPSA) is 88.2 Å². The number of amides is 2. The number of imide groups is 1. The molecule has 1 aliphatic rings. The molecule has 2 heterocycles. The van der Waals surface area contributed by atoms with Gasteiger partial charge in [0, 0.05) is 29.4 Å². The second-order valence-corrected chi connectivity index (χ2v) is 8.72. The predicted octanol–water partition coefficient (Wildman–Crippen LogP) is 5.41. The van der Waals surface area contributed by atoms with Gasteiger partial charge in [-0.1, -0.05) is 31.2 Å². The summed E-state index contributed by atoms with van der Waals surface area (Å²) in [6, 6.07) is 17.5. The van der Waals surface area contributed by atoms with Crippen LogP contribution in [-0.4, -0.2) is 39.6 Å². The van der Waals surface area contributed by atoms with E-state index in [4.69, 9.17) is 9.84 Å². The van der Waals surface area contributed by atoms with Crippen LogP contribution in [0, 0.1) is 18.3 Å². The number of aryl methyl sites for hydroxylation is 1. The number of hydrogen-bond donors (Lipinski definition) is 0. The minimum atomic E-state index is -0.610. The number of hydrogen-bond acceptors (Lipinski definition) is 5. The maximum atomic E-state index is 13.3. The fraction of sp³-hybridized carbons (Fsp3) is 0.200. The van der Waals surface area contributed by atoms with E-state index in [1.165, 1.54) is 6.08 Å². The second kappa shape index (κ2) is 10.9. The van der Waals surface area contributed by atoms with Crippen LogP contribution in [0.15, 0.2) is 84.1 Å². The Morgan fingerprint density at radius 1 is 1.11 bits per heavy atom. The Labute approximate surface area is 216 Å². The van der Waals surface area contributed by atoms with E-state index in [1.54, 1.807) is 17.7 Å². The van der Waals surface area contributed by atoms with Crippen molar-refractivity contribution in [3.63, 3.8) is 0 Å². The molecule has 0 saturated heterocycles. The van der Waals surface area contributed by atoms with Crippen molar-refractivity contribution in [2.75, 3.05) is 13.2 Å². The molecule has 2 aromatic carbocycles. The van der Waals surface area contributed by atoms with Crippen LogP contribution in [0.1, 0.15) is 31.4 Å². The largest absolute Gasteiger partial charge is 0.494 e. The van der Waals surface area contributed by atoms with Gasteiger partial charge in [-0.15, -0.1) is 6.58 Å². The molecule has 0 unspecified atom stereocenters. The first-order valence-corrected chi connectivity index (χ1v) is 12.1. The number of ether oxygens (including phenoxy) is 1. The van der Waals surface area contributed by atoms with E-state index in [9.17, 15) is 14.9 Å². The zero-order chi connectivity index (χ0) is 26.5. The molecule has 186 valence electrons. The molecular weight excluding hydrogens is 464 g/mol. The SMILES string of the molecule is C=CCN1C(=O)C(C#N)=C(C)/C(=C\c2cn(-c3ccccc3)nc2-c2ccc(OCCC)cc2C)C1=O. The quantitative estimate of drug-likeness (QED) is 0.238. The van der Waals surface area contributed by atoms with Crippen LogP contribution in [0.4, 0.5) is 0 Å². The van der Waals surface area contributed by atoms with Gasteiger partial charge in [0.25, 0.3) is 11.8 Å². The Morgan fingerprint density at radius 3 is 2.51 bits per heavy atom. The Morgan fingerprint density at radius 2 is 1.86 bits per heavy atom. The van der Waals surface area contributed by atoms with Crippen molar-refractivity contribution >= 4 is 17.9 Å². The van der Waals surface area contributed by atoms with Gasteiger partial charge in [-0.05, 0) is 67.8 Å². The molecule has 0 bridgehead atoms. The van der Waals surface area contributed by atoms with Crippen molar-refractivity contribution in [1.82, 2.24) is 14.7 Å². The van der Waals surface area contributed by atoms with Crippen LogP contribution in [0.5, 0.6) is 5.75 Å². The predicted molar refractivity (Wildman–Crippen MR) is 143 cm³/mol. The van der Waals surface area contributed by atoms with Crippen LogP contribution in [0.25, 0.3) is 23.0 Å². The Balaban J connectivity index is 1.90. The van der Waals surface area contributed by atoms with Gasteiger partial charge in [-0.2, -0.15) is 10.4 Å². The molecule has 4 rings (SSSR count). The lowest BCUT2D eigenvalue weighted by Crippen LogP contribution is -2.42. The molecule has 37 heavy (non-hydrogen) atoms. The number of carbonyl (C=O) groups is 2. The molecule has 0 N–H and O–H groups in total. The number of benzene rings is 2. The van der Waals surface area contributed by atoms with Crippen molar-refractivity contribution in [2.45, 2.75) is 27.2 Å². The van der Waals surface area contributed by atoms with Crippen LogP contribution in [0.3, 0.4) is 0 Å². The average Bonchev–Trinajstić information content (AvgIpc) is 3.32. The number of carbonyl (C=O) groups excluding carboxylic acids is 2. The summed E-state index contributed by atoms with van der Waals surface area (Å²) in [4.78, 5) is 27.1. The fourth-order valence-electron chi connectivity index (χ4n) is 4.21. The molecule has 0 radical (unpaired) electrons. The van der Waals surface area contributed by atoms with Crippen molar-refractivity contribution in [3.8, 4) is 28.8 Å². The molecule has 0 aliphatic carbocycles. The lowest BCUT2D eigenvalue weighted by molar-refractivity contribution is -0.139. The van der Waals surface area contributed by atoms with E-state index >= 15 is 0 Å². The minimum absolute atomic E-state index is 0.0158. The van der Waals surface area contributed by atoms with Crippen LogP contribution in [-0.2, 0) is 9.59 Å². The van der Waals surface area contributed by atoms with Crippen molar-refractivity contribution < 1.29 is 14.3 Å². The van der Waals surface area contributed by atoms with Gasteiger partial charge in [0.05, 0.1) is 12.3 Å². The van der Waals surface area contributed by atoms with Gasteiger partial charge in [0.2, 0.25) is 0 Å². The first kappa shape index (κ1) is 25.4. The fourth-order valence-corrected chi connectivity index (χ4v) is 4.21. The summed E-state index contributed by atoms with van der Waals surface area (Å²) in [7, 11) is 0. The summed E-state index contributed by atoms with van der Waals surface area (Å²) in [5, 5.41) is 14.5. The van der Waals surface area contributed by atoms with E-state index in [1.807, 2.05) is 67.7 Å². The molecule has 0 fully saturated rings. The molecule has 7 nitrogen and oxygen atoms in total. The summed E-state index contributed by atoms with van der Waals surface area (Å²) < 4.78 is 7.54. The van der Waals surface area contributed by atoms with E-state index in [0.717, 1.165) is 33.9 Å². The average molecular weight is 493 g/mol. The van der Waals surface area contributed by atoms with Crippen molar-refractivity contribution in [2.24, 2.45) is 0 Å². The maximum Gasteiger partial charge on any atom is 0.271 e. The zero-order valence-electron chi connectivity index (χ0n) is 21.2. The molecule has 2 amide bonds. The highest BCUT2D eigenvalue weighted by atomic mass is 16.5. The summed E-state index contributed by atoms with van der Waals surface area (Å²) in [6.45, 7) is 9.96. The van der Waals surface area contributed by atoms with Gasteiger partial charge in [0.15, 0.2) is 0 Å². The van der Waals surface area contributed by atoms with E-state index in [0.29, 0.717) is 23.4 Å². The minimum Gasteiger partial charge on any atom is -0.494 e. The van der Waals surface area contributed by atoms with Crippen LogP contribution in [0.2, 0.25) is 0 Å². The Bertz CT molecular complexity index is 1470. The third-order valence-corrected chi connectivity index (χ3v) is 6.13. The molecule has 0 saturated carbocycles. The zero-order valence-corrected chi connectivity index (χ0v) is 21.2. The number of nitriles is 1. The normalized spacial score (nSPS) is 14.8. The van der Waals surface area contributed by atoms with Crippen LogP contribution < -0.4 is 4.74 Å². The van der Waals surface area contributed by atoms with E-state index in [-0.39, 0.29) is 17.7 Å². The number of rotatable bonds is 8. The number of nitrogens with zero attached hydrogens (tertiary/aromatic N) is 4. The Kier molecular flexibility index (Phi) is 7.49. The summed E-state index contributed by atoms with van der Waals surface area (Å²) in [5.41, 5.74) is 4.62. The first-order valence-electron chi connectivity index (χ1n) is 12.1. The smallest absolute Gasteiger partial charge is 0.271 e. The van der Waals surface area contributed by atoms with Gasteiger partial charge < -0.3 is 4.74 Å². The number of aromatic nitrogens is 2. The van der Waals surface area contributed by atoms with Gasteiger partial charge in [-0.3, -0.25) is 14.5 Å². The lowest BCUT2D eigenvalue weighted by atomic mass is 9.93. The molecular formula is C30H28N4O3. The highest BCUT2D eigenvalue weighted by molar-refractivity contribution is 6.20. The molecule has 1 aromatic heterocycles. The second-order valence-electron chi connectivity index (χ2n) is 8.72. The van der Waals surface area contributed by atoms with E-state index in [2.05, 4.69) is 13.5 Å². The maximum absolute atomic E-state index is 13.3. The standard InChI is InChI=1S/C30H28N4O3/c1-5-14-33-29(35)26(21(4)27(18-31)30(33)36)17-22-19-34(23-10-8-7-9-11-23)32-28(22)25-13-12-24(16-20(25)3)37-15-6-2/h5,7-13,16-17,19H,1,6,14-15H2,2-4H3/b26-17+. The summed E-state index contributed by atoms with van der Waals surface area (Å²) in [6.07, 6.45) is 5.93. The molecule has 7 heteroatoms. The molecule has 0 spiro atoms. The monoisotopic (exact) mass is 492 g/mol. The highest BCUT2D eigenvalue weighted by Crippen LogP contribution is 2.33. The first-order chi connectivity index (χ1) is 17.9. The summed E-state index contributed by atoms with van der Waals surface area (Å²) >= 11 is 0. The third-order valence-electron chi connectivity index (χ3n) is 6.13. The van der Waals surface area contributed by atoms with Crippen LogP contribution >= 0.6 is 0 Å². The molecule has 3 aromatic rings. The van der Waals surface area contributed by atoms with Gasteiger partial charge in [0.1, 0.15) is 23.1 Å². The van der Waals surface area contributed by atoms with Crippen molar-refractivity contribution in [1.29, 1.82) is 5.26 Å². The highest BCUT2D eigenvalue weighted by Gasteiger charge is 2.35. The molecule has 1 aliphatic heterocycles. The van der Waals surface area contributed by atoms with Gasteiger partial charge >= 0.3 is 0 Å². The number of para-hydroxylation sites is 1. The Hall–Kier alpha value is -4.70. The third kappa shape index (κ3) is 5.00. The van der Waals surface area contributed by atoms with E-state index < -0.39 is 11.8 Å². The summed E-state index contributed by atoms with van der Waals surface area (Å²) in [5.74, 6) is -0.301. The molecule has 0 atom stereocenters. The van der Waals surface area contributed by atoms with Crippen molar-refractivity contribution in [3.05, 3.63) is 95.2 Å². The van der Waals surface area contributed by atoms with Gasteiger partial charge in [-0.25, -0.2) is 4.68 Å². The lowest BCUT2D eigenvalue weighted by Gasteiger charge is -2.26.